The summed E-state index contributed by atoms with van der Waals surface area (Å²) >= 11 is 0. The molecule has 0 saturated carbocycles. The van der Waals surface area contributed by atoms with E-state index in [-0.39, 0.29) is 24.5 Å². The van der Waals surface area contributed by atoms with Crippen molar-refractivity contribution in [1.82, 2.24) is 5.32 Å². The molecular weight excluding hydrogens is 280 g/mol. The van der Waals surface area contributed by atoms with Crippen LogP contribution in [0.2, 0.25) is 0 Å². The van der Waals surface area contributed by atoms with Gasteiger partial charge in [0.25, 0.3) is 5.91 Å². The number of nitrogens with zero attached hydrogens (tertiary/aromatic N) is 1. The summed E-state index contributed by atoms with van der Waals surface area (Å²) in [7, 11) is 0. The Labute approximate surface area is 131 Å². The normalized spacial score (nSPS) is 15.3. The van der Waals surface area contributed by atoms with Gasteiger partial charge in [0, 0.05) is 19.0 Å². The lowest BCUT2D eigenvalue weighted by Gasteiger charge is -2.29. The molecule has 1 aliphatic heterocycles. The molecule has 22 heavy (non-hydrogen) atoms. The van der Waals surface area contributed by atoms with E-state index in [0.717, 1.165) is 11.4 Å². The van der Waals surface area contributed by atoms with Gasteiger partial charge in [0.15, 0.2) is 6.61 Å². The first kappa shape index (κ1) is 16.3. The summed E-state index contributed by atoms with van der Waals surface area (Å²) in [5.41, 5.74) is 0.787. The van der Waals surface area contributed by atoms with Crippen LogP contribution in [-0.4, -0.2) is 31.0 Å². The fourth-order valence-electron chi connectivity index (χ4n) is 2.29. The summed E-state index contributed by atoms with van der Waals surface area (Å²) in [5.74, 6) is 1.11. The van der Waals surface area contributed by atoms with Gasteiger partial charge in [0.2, 0.25) is 5.91 Å². The molecule has 1 atom stereocenters. The molecule has 1 aromatic carbocycles. The van der Waals surface area contributed by atoms with Gasteiger partial charge in [0.1, 0.15) is 5.75 Å². The monoisotopic (exact) mass is 304 g/mol. The lowest BCUT2D eigenvalue weighted by molar-refractivity contribution is -0.123. The van der Waals surface area contributed by atoms with Crippen LogP contribution in [0.5, 0.6) is 5.75 Å². The third kappa shape index (κ3) is 4.00. The topological polar surface area (TPSA) is 58.6 Å². The van der Waals surface area contributed by atoms with Crippen molar-refractivity contribution in [2.24, 2.45) is 5.92 Å². The fraction of sp³-hybridized carbons (Fsp3) is 0.529. The van der Waals surface area contributed by atoms with Gasteiger partial charge in [0.05, 0.1) is 5.69 Å². The van der Waals surface area contributed by atoms with Gasteiger partial charge >= 0.3 is 0 Å². The third-order valence-electron chi connectivity index (χ3n) is 3.98. The van der Waals surface area contributed by atoms with E-state index in [1.54, 1.807) is 4.90 Å². The number of hydrogen-bond donors (Lipinski definition) is 1. The lowest BCUT2D eigenvalue weighted by Crippen LogP contribution is -2.40. The number of ether oxygens (including phenoxy) is 1. The SMILES string of the molecule is CC(C)[C@H](C)NC(=O)CCCN1C(=O)COc2ccccc21. The molecule has 2 amide bonds. The van der Waals surface area contributed by atoms with Crippen molar-refractivity contribution in [2.75, 3.05) is 18.1 Å². The molecule has 1 aromatic rings. The summed E-state index contributed by atoms with van der Waals surface area (Å²) in [5, 5.41) is 2.98. The molecule has 2 rings (SSSR count). The molecule has 5 heteroatoms. The van der Waals surface area contributed by atoms with Crippen molar-refractivity contribution in [1.29, 1.82) is 0 Å². The summed E-state index contributed by atoms with van der Waals surface area (Å²) in [6.45, 7) is 6.75. The molecule has 0 aliphatic carbocycles. The molecule has 120 valence electrons. The van der Waals surface area contributed by atoms with Crippen LogP contribution in [0, 0.1) is 5.92 Å². The first-order valence-electron chi connectivity index (χ1n) is 7.80. The number of amides is 2. The second-order valence-corrected chi connectivity index (χ2v) is 6.01. The van der Waals surface area contributed by atoms with Gasteiger partial charge in [-0.3, -0.25) is 9.59 Å². The standard InChI is InChI=1S/C17H24N2O3/c1-12(2)13(3)18-16(20)9-6-10-19-14-7-4-5-8-15(14)22-11-17(19)21/h4-5,7-8,12-13H,6,9-11H2,1-3H3,(H,18,20)/t13-/m0/s1. The van der Waals surface area contributed by atoms with E-state index >= 15 is 0 Å². The zero-order valence-electron chi connectivity index (χ0n) is 13.5. The van der Waals surface area contributed by atoms with Crippen LogP contribution in [0.15, 0.2) is 24.3 Å². The summed E-state index contributed by atoms with van der Waals surface area (Å²) in [6, 6.07) is 7.65. The quantitative estimate of drug-likeness (QED) is 0.877. The van der Waals surface area contributed by atoms with Gasteiger partial charge in [-0.2, -0.15) is 0 Å². The first-order valence-corrected chi connectivity index (χ1v) is 7.80. The van der Waals surface area contributed by atoms with Crippen LogP contribution in [0.4, 0.5) is 5.69 Å². The Balaban J connectivity index is 1.87. The van der Waals surface area contributed by atoms with E-state index in [1.165, 1.54) is 0 Å². The number of rotatable bonds is 6. The van der Waals surface area contributed by atoms with Crippen LogP contribution in [0.25, 0.3) is 0 Å². The molecule has 1 N–H and O–H groups in total. The second kappa shape index (κ2) is 7.29. The van der Waals surface area contributed by atoms with Crippen LogP contribution in [0.3, 0.4) is 0 Å². The zero-order chi connectivity index (χ0) is 16.1. The number of hydrogen-bond acceptors (Lipinski definition) is 3. The predicted molar refractivity (Wildman–Crippen MR) is 86.0 cm³/mol. The summed E-state index contributed by atoms with van der Waals surface area (Å²) < 4.78 is 5.40. The lowest BCUT2D eigenvalue weighted by atomic mass is 10.1. The van der Waals surface area contributed by atoms with Crippen molar-refractivity contribution in [3.05, 3.63) is 24.3 Å². The molecule has 0 bridgehead atoms. The Bertz CT molecular complexity index is 542. The molecule has 0 spiro atoms. The molecule has 1 aliphatic rings. The Morgan fingerprint density at radius 3 is 2.77 bits per heavy atom. The molecule has 0 fully saturated rings. The van der Waals surface area contributed by atoms with Gasteiger partial charge in [-0.15, -0.1) is 0 Å². The first-order chi connectivity index (χ1) is 10.5. The number of anilines is 1. The maximum absolute atomic E-state index is 12.0. The minimum absolute atomic E-state index is 0.0372. The maximum Gasteiger partial charge on any atom is 0.265 e. The van der Waals surface area contributed by atoms with E-state index in [4.69, 9.17) is 4.74 Å². The highest BCUT2D eigenvalue weighted by atomic mass is 16.5. The molecule has 0 aromatic heterocycles. The van der Waals surface area contributed by atoms with Crippen LogP contribution >= 0.6 is 0 Å². The van der Waals surface area contributed by atoms with Crippen molar-refractivity contribution in [3.8, 4) is 5.75 Å². The van der Waals surface area contributed by atoms with Crippen molar-refractivity contribution in [3.63, 3.8) is 0 Å². The Morgan fingerprint density at radius 2 is 2.05 bits per heavy atom. The maximum atomic E-state index is 12.0. The average molecular weight is 304 g/mol. The van der Waals surface area contributed by atoms with Crippen molar-refractivity contribution < 1.29 is 14.3 Å². The van der Waals surface area contributed by atoms with Crippen molar-refractivity contribution >= 4 is 17.5 Å². The van der Waals surface area contributed by atoms with Crippen molar-refractivity contribution in [2.45, 2.75) is 39.7 Å². The molecule has 0 radical (unpaired) electrons. The van der Waals surface area contributed by atoms with E-state index < -0.39 is 0 Å². The van der Waals surface area contributed by atoms with E-state index in [1.807, 2.05) is 31.2 Å². The number of benzene rings is 1. The average Bonchev–Trinajstić information content (AvgIpc) is 2.49. The number of nitrogens with one attached hydrogen (secondary N) is 1. The van der Waals surface area contributed by atoms with Crippen LogP contribution in [0.1, 0.15) is 33.6 Å². The van der Waals surface area contributed by atoms with Gasteiger partial charge in [-0.1, -0.05) is 26.0 Å². The minimum atomic E-state index is -0.0605. The highest BCUT2D eigenvalue weighted by Crippen LogP contribution is 2.31. The van der Waals surface area contributed by atoms with Gasteiger partial charge in [-0.25, -0.2) is 0 Å². The van der Waals surface area contributed by atoms with E-state index in [9.17, 15) is 9.59 Å². The van der Waals surface area contributed by atoms with Crippen LogP contribution < -0.4 is 15.0 Å². The Morgan fingerprint density at radius 1 is 1.32 bits per heavy atom. The third-order valence-corrected chi connectivity index (χ3v) is 3.98. The summed E-state index contributed by atoms with van der Waals surface area (Å²) in [6.07, 6.45) is 1.06. The van der Waals surface area contributed by atoms with Gasteiger partial charge < -0.3 is 15.0 Å². The predicted octanol–water partition coefficient (Wildman–Crippen LogP) is 2.35. The molecule has 0 saturated heterocycles. The van der Waals surface area contributed by atoms with Crippen LogP contribution in [-0.2, 0) is 9.59 Å². The Kier molecular flexibility index (Phi) is 5.41. The molecule has 0 unspecified atom stereocenters. The van der Waals surface area contributed by atoms with E-state index in [0.29, 0.717) is 25.3 Å². The molecular formula is C17H24N2O3. The highest BCUT2D eigenvalue weighted by Gasteiger charge is 2.24. The van der Waals surface area contributed by atoms with E-state index in [2.05, 4.69) is 19.2 Å². The Hall–Kier alpha value is -2.04. The zero-order valence-corrected chi connectivity index (χ0v) is 13.5. The number of para-hydroxylation sites is 2. The smallest absolute Gasteiger partial charge is 0.265 e. The van der Waals surface area contributed by atoms with Gasteiger partial charge in [-0.05, 0) is 31.4 Å². The summed E-state index contributed by atoms with van der Waals surface area (Å²) in [4.78, 5) is 25.6. The largest absolute Gasteiger partial charge is 0.482 e. The number of fused-ring (bicyclic) bond motifs is 1. The molecule has 1 heterocycles. The molecule has 5 nitrogen and oxygen atoms in total. The highest BCUT2D eigenvalue weighted by molar-refractivity contribution is 5.97. The number of carbonyl (C=O) groups is 2. The fourth-order valence-corrected chi connectivity index (χ4v) is 2.29. The minimum Gasteiger partial charge on any atom is -0.482 e. The second-order valence-electron chi connectivity index (χ2n) is 6.01. The number of carbonyl (C=O) groups excluding carboxylic acids is 2.